The van der Waals surface area contributed by atoms with Gasteiger partial charge in [0.15, 0.2) is 0 Å². The number of carbonyl (C=O) groups excluding carboxylic acids is 1. The fourth-order valence-corrected chi connectivity index (χ4v) is 4.96. The van der Waals surface area contributed by atoms with Gasteiger partial charge in [0.25, 0.3) is 5.91 Å². The average Bonchev–Trinajstić information content (AvgIpc) is 3.40. The van der Waals surface area contributed by atoms with Gasteiger partial charge in [-0.2, -0.15) is 0 Å². The summed E-state index contributed by atoms with van der Waals surface area (Å²) in [5.41, 5.74) is 3.56. The van der Waals surface area contributed by atoms with Crippen LogP contribution >= 0.6 is 0 Å². The van der Waals surface area contributed by atoms with Crippen LogP contribution in [0.2, 0.25) is 0 Å². The molecule has 0 saturated carbocycles. The van der Waals surface area contributed by atoms with Crippen molar-refractivity contribution in [2.24, 2.45) is 5.92 Å². The molecule has 0 bridgehead atoms. The summed E-state index contributed by atoms with van der Waals surface area (Å²) in [6, 6.07) is 8.51. The minimum absolute atomic E-state index is 0.0488. The largest absolute Gasteiger partial charge is 0.478 e. The zero-order valence-electron chi connectivity index (χ0n) is 21.2. The van der Waals surface area contributed by atoms with Crippen molar-refractivity contribution >= 4 is 17.4 Å². The number of pyridine rings is 1. The number of allylic oxidation sites excluding steroid dienone is 2. The molecule has 4 rings (SSSR count). The van der Waals surface area contributed by atoms with Gasteiger partial charge in [-0.3, -0.25) is 9.69 Å². The van der Waals surface area contributed by atoms with Crippen molar-refractivity contribution in [1.82, 2.24) is 14.8 Å². The lowest BCUT2D eigenvalue weighted by molar-refractivity contribution is 0.0325. The summed E-state index contributed by atoms with van der Waals surface area (Å²) in [5.74, 6) is -0.887. The number of aliphatic hydroxyl groups excluding tert-OH is 1. The molecular weight excluding hydrogens is 458 g/mol. The Morgan fingerprint density at radius 1 is 1.33 bits per heavy atom. The third kappa shape index (κ3) is 5.60. The first-order chi connectivity index (χ1) is 17.3. The number of benzene rings is 1. The first-order valence-electron chi connectivity index (χ1n) is 12.6. The van der Waals surface area contributed by atoms with E-state index >= 15 is 0 Å². The number of carbonyl (C=O) groups is 2. The molecule has 1 aromatic heterocycles. The second kappa shape index (κ2) is 11.2. The minimum atomic E-state index is -0.951. The van der Waals surface area contributed by atoms with Crippen LogP contribution in [0.1, 0.15) is 65.0 Å². The number of nitrogens with zero attached hydrogens (tertiary/aromatic N) is 3. The number of likely N-dealkylation sites (N-methyl/N-ethyl adjacent to an activating group) is 1. The van der Waals surface area contributed by atoms with E-state index in [9.17, 15) is 19.8 Å². The van der Waals surface area contributed by atoms with Crippen LogP contribution in [0.15, 0.2) is 42.6 Å². The van der Waals surface area contributed by atoms with Gasteiger partial charge in [-0.05, 0) is 62.1 Å². The Bertz CT molecular complexity index is 1150. The topological polar surface area (TPSA) is 103 Å². The van der Waals surface area contributed by atoms with Crippen LogP contribution in [0, 0.1) is 5.92 Å². The van der Waals surface area contributed by atoms with E-state index in [1.807, 2.05) is 44.0 Å². The number of rotatable bonds is 8. The van der Waals surface area contributed by atoms with Crippen molar-refractivity contribution in [3.8, 4) is 5.88 Å². The zero-order valence-corrected chi connectivity index (χ0v) is 21.2. The molecule has 3 atom stereocenters. The van der Waals surface area contributed by atoms with E-state index in [4.69, 9.17) is 4.74 Å². The van der Waals surface area contributed by atoms with Gasteiger partial charge >= 0.3 is 5.97 Å². The molecule has 2 heterocycles. The first kappa shape index (κ1) is 25.9. The fourth-order valence-electron chi connectivity index (χ4n) is 4.96. The van der Waals surface area contributed by atoms with Crippen LogP contribution in [-0.2, 0) is 6.54 Å². The number of aromatic carboxylic acids is 1. The first-order valence-corrected chi connectivity index (χ1v) is 12.6. The molecule has 2 aliphatic rings. The predicted molar refractivity (Wildman–Crippen MR) is 137 cm³/mol. The molecule has 0 saturated heterocycles. The molecule has 0 radical (unpaired) electrons. The third-order valence-electron chi connectivity index (χ3n) is 7.11. The molecular formula is C28H35N3O5. The summed E-state index contributed by atoms with van der Waals surface area (Å²) >= 11 is 0. The van der Waals surface area contributed by atoms with Crippen LogP contribution in [0.5, 0.6) is 5.88 Å². The van der Waals surface area contributed by atoms with E-state index in [1.165, 1.54) is 5.57 Å². The molecule has 8 nitrogen and oxygen atoms in total. The summed E-state index contributed by atoms with van der Waals surface area (Å²) in [6.45, 7) is 5.11. The number of fused-ring (bicyclic) bond motifs is 1. The van der Waals surface area contributed by atoms with Crippen molar-refractivity contribution in [3.63, 3.8) is 0 Å². The van der Waals surface area contributed by atoms with Gasteiger partial charge in [0.05, 0.1) is 18.2 Å². The molecule has 192 valence electrons. The molecule has 1 amide bonds. The highest BCUT2D eigenvalue weighted by atomic mass is 16.5. The lowest BCUT2D eigenvalue weighted by atomic mass is 9.98. The molecule has 36 heavy (non-hydrogen) atoms. The maximum absolute atomic E-state index is 13.6. The Labute approximate surface area is 212 Å². The maximum atomic E-state index is 13.6. The number of aliphatic hydroxyl groups is 1. The van der Waals surface area contributed by atoms with Crippen molar-refractivity contribution in [2.45, 2.75) is 51.8 Å². The fraction of sp³-hybridized carbons (Fsp3) is 0.464. The second-order valence-electron chi connectivity index (χ2n) is 9.98. The number of carboxylic acid groups (broad SMARTS) is 1. The Kier molecular flexibility index (Phi) is 8.06. The smallest absolute Gasteiger partial charge is 0.336 e. The Morgan fingerprint density at radius 3 is 2.81 bits per heavy atom. The quantitative estimate of drug-likeness (QED) is 0.578. The highest BCUT2D eigenvalue weighted by Crippen LogP contribution is 2.32. The van der Waals surface area contributed by atoms with Gasteiger partial charge in [0.1, 0.15) is 11.7 Å². The van der Waals surface area contributed by atoms with Gasteiger partial charge in [-0.15, -0.1) is 0 Å². The van der Waals surface area contributed by atoms with Gasteiger partial charge in [0, 0.05) is 31.7 Å². The highest BCUT2D eigenvalue weighted by Gasteiger charge is 2.34. The zero-order chi connectivity index (χ0) is 25.8. The van der Waals surface area contributed by atoms with Crippen LogP contribution < -0.4 is 4.74 Å². The Balaban J connectivity index is 1.62. The van der Waals surface area contributed by atoms with E-state index in [-0.39, 0.29) is 36.1 Å². The van der Waals surface area contributed by atoms with Gasteiger partial charge in [-0.1, -0.05) is 31.2 Å². The van der Waals surface area contributed by atoms with Gasteiger partial charge in [0.2, 0.25) is 5.88 Å². The monoisotopic (exact) mass is 493 g/mol. The summed E-state index contributed by atoms with van der Waals surface area (Å²) < 4.78 is 6.39. The molecule has 1 aliphatic heterocycles. The standard InChI is InChI=1S/C28H35N3O5/c1-18-14-31(19(2)17-32)27(33)24-12-22(20-8-4-5-9-20)13-29-26(24)36-25(18)16-30(3)15-21-10-6-7-11-23(21)28(34)35/h6-8,10-13,18-19,25,32H,4-5,9,14-17H2,1-3H3,(H,34,35)/t18-,19-,25-/m1/s1. The van der Waals surface area contributed by atoms with Crippen molar-refractivity contribution in [1.29, 1.82) is 0 Å². The van der Waals surface area contributed by atoms with E-state index in [0.29, 0.717) is 31.1 Å². The van der Waals surface area contributed by atoms with E-state index in [2.05, 4.69) is 11.1 Å². The second-order valence-corrected chi connectivity index (χ2v) is 9.98. The minimum Gasteiger partial charge on any atom is -0.478 e. The number of hydrogen-bond acceptors (Lipinski definition) is 6. The molecule has 2 N–H and O–H groups in total. The van der Waals surface area contributed by atoms with Crippen LogP contribution in [0.3, 0.4) is 0 Å². The number of ether oxygens (including phenoxy) is 1. The third-order valence-corrected chi connectivity index (χ3v) is 7.11. The lowest BCUT2D eigenvalue weighted by Crippen LogP contribution is -2.50. The van der Waals surface area contributed by atoms with Gasteiger partial charge < -0.3 is 19.8 Å². The number of carboxylic acids is 1. The molecule has 0 fully saturated rings. The Hall–Kier alpha value is -3.23. The van der Waals surface area contributed by atoms with Crippen LogP contribution in [0.25, 0.3) is 5.57 Å². The number of aromatic nitrogens is 1. The summed E-state index contributed by atoms with van der Waals surface area (Å²) in [7, 11) is 1.93. The number of hydrogen-bond donors (Lipinski definition) is 2. The highest BCUT2D eigenvalue weighted by molar-refractivity contribution is 5.97. The average molecular weight is 494 g/mol. The van der Waals surface area contributed by atoms with Gasteiger partial charge in [-0.25, -0.2) is 9.78 Å². The predicted octanol–water partition coefficient (Wildman–Crippen LogP) is 3.70. The SMILES string of the molecule is C[C@@H]1CN([C@H](C)CO)C(=O)c2cc(C3=CCCC3)cnc2O[C@@H]1CN(C)Cc1ccccc1C(=O)O. The molecule has 8 heteroatoms. The molecule has 1 aliphatic carbocycles. The summed E-state index contributed by atoms with van der Waals surface area (Å²) in [5, 5.41) is 19.4. The van der Waals surface area contributed by atoms with E-state index in [1.54, 1.807) is 23.2 Å². The van der Waals surface area contributed by atoms with Crippen LogP contribution in [-0.4, -0.2) is 75.8 Å². The lowest BCUT2D eigenvalue weighted by Gasteiger charge is -2.37. The molecule has 2 aromatic rings. The summed E-state index contributed by atoms with van der Waals surface area (Å²) in [4.78, 5) is 33.5. The number of amides is 1. The van der Waals surface area contributed by atoms with Crippen LogP contribution in [0.4, 0.5) is 0 Å². The molecule has 0 spiro atoms. The van der Waals surface area contributed by atoms with Crippen molar-refractivity contribution in [3.05, 3.63) is 64.9 Å². The normalized spacial score (nSPS) is 20.9. The van der Waals surface area contributed by atoms with E-state index in [0.717, 1.165) is 30.4 Å². The van der Waals surface area contributed by atoms with E-state index < -0.39 is 5.97 Å². The maximum Gasteiger partial charge on any atom is 0.336 e. The molecule has 0 unspecified atom stereocenters. The Morgan fingerprint density at radius 2 is 2.11 bits per heavy atom. The molecule has 1 aromatic carbocycles. The summed E-state index contributed by atoms with van der Waals surface area (Å²) in [6.07, 6.45) is 6.77. The van der Waals surface area contributed by atoms with Crippen molar-refractivity contribution in [2.75, 3.05) is 26.7 Å². The van der Waals surface area contributed by atoms with Crippen molar-refractivity contribution < 1.29 is 24.5 Å².